The maximum absolute atomic E-state index is 12.3. The second kappa shape index (κ2) is 3.35. The van der Waals surface area contributed by atoms with Crippen molar-refractivity contribution < 1.29 is 8.78 Å². The lowest BCUT2D eigenvalue weighted by atomic mass is 10.2. The van der Waals surface area contributed by atoms with Gasteiger partial charge in [-0.3, -0.25) is 4.98 Å². The van der Waals surface area contributed by atoms with Gasteiger partial charge in [0.25, 0.3) is 6.43 Å². The maximum Gasteiger partial charge on any atom is 0.266 e. The molecule has 2 nitrogen and oxygen atoms in total. The molecule has 0 fully saturated rings. The van der Waals surface area contributed by atoms with Gasteiger partial charge in [0.1, 0.15) is 0 Å². The van der Waals surface area contributed by atoms with Crippen LogP contribution in [0.1, 0.15) is 17.7 Å². The minimum atomic E-state index is -2.55. The number of hydrogen-bond acceptors (Lipinski definition) is 2. The van der Waals surface area contributed by atoms with E-state index < -0.39 is 6.43 Å². The second-order valence-electron chi connectivity index (χ2n) is 2.33. The number of aromatic nitrogens is 1. The minimum absolute atomic E-state index is 0.130. The van der Waals surface area contributed by atoms with Crippen LogP contribution in [0.5, 0.6) is 0 Å². The molecule has 0 unspecified atom stereocenters. The molecule has 0 aliphatic rings. The molecule has 1 aromatic rings. The predicted octanol–water partition coefficient (Wildman–Crippen LogP) is 2.67. The Balaban J connectivity index is 3.33. The van der Waals surface area contributed by atoms with E-state index in [1.807, 2.05) is 0 Å². The first-order valence-electron chi connectivity index (χ1n) is 3.22. The minimum Gasteiger partial charge on any atom is -0.397 e. The fourth-order valence-corrected chi connectivity index (χ4v) is 1.42. The van der Waals surface area contributed by atoms with E-state index in [1.165, 1.54) is 13.1 Å². The molecule has 12 heavy (non-hydrogen) atoms. The molecule has 0 atom stereocenters. The Labute approximate surface area is 76.9 Å². The van der Waals surface area contributed by atoms with Crippen molar-refractivity contribution in [2.75, 3.05) is 5.73 Å². The largest absolute Gasteiger partial charge is 0.397 e. The summed E-state index contributed by atoms with van der Waals surface area (Å²) in [6, 6.07) is 0. The first kappa shape index (κ1) is 9.38. The Bertz CT molecular complexity index is 302. The number of aryl methyl sites for hydroxylation is 1. The van der Waals surface area contributed by atoms with Crippen molar-refractivity contribution >= 4 is 21.6 Å². The van der Waals surface area contributed by atoms with Crippen molar-refractivity contribution in [2.24, 2.45) is 0 Å². The average molecular weight is 237 g/mol. The molecule has 1 heterocycles. The van der Waals surface area contributed by atoms with E-state index >= 15 is 0 Å². The summed E-state index contributed by atoms with van der Waals surface area (Å²) in [7, 11) is 0. The number of pyridine rings is 1. The molecule has 2 N–H and O–H groups in total. The van der Waals surface area contributed by atoms with E-state index in [0.717, 1.165) is 0 Å². The first-order valence-corrected chi connectivity index (χ1v) is 4.02. The van der Waals surface area contributed by atoms with Crippen LogP contribution in [-0.4, -0.2) is 4.98 Å². The van der Waals surface area contributed by atoms with E-state index in [9.17, 15) is 8.78 Å². The third-order valence-electron chi connectivity index (χ3n) is 1.50. The highest BCUT2D eigenvalue weighted by Gasteiger charge is 2.17. The molecule has 0 saturated carbocycles. The number of anilines is 1. The summed E-state index contributed by atoms with van der Waals surface area (Å²) in [5.74, 6) is 0. The number of nitrogen functional groups attached to an aromatic ring is 1. The van der Waals surface area contributed by atoms with Crippen LogP contribution >= 0.6 is 15.9 Å². The normalized spacial score (nSPS) is 10.8. The van der Waals surface area contributed by atoms with E-state index in [0.29, 0.717) is 5.69 Å². The lowest BCUT2D eigenvalue weighted by molar-refractivity contribution is 0.149. The van der Waals surface area contributed by atoms with Crippen LogP contribution in [0.25, 0.3) is 0 Å². The summed E-state index contributed by atoms with van der Waals surface area (Å²) < 4.78 is 24.9. The molecule has 0 aliphatic carbocycles. The molecule has 5 heteroatoms. The molecule has 0 bridgehead atoms. The molecular weight excluding hydrogens is 230 g/mol. The monoisotopic (exact) mass is 236 g/mol. The average Bonchev–Trinajstić information content (AvgIpc) is 1.97. The van der Waals surface area contributed by atoms with E-state index in [1.54, 1.807) is 0 Å². The highest BCUT2D eigenvalue weighted by molar-refractivity contribution is 9.10. The summed E-state index contributed by atoms with van der Waals surface area (Å²) in [4.78, 5) is 3.73. The van der Waals surface area contributed by atoms with Gasteiger partial charge in [0.05, 0.1) is 21.9 Å². The molecule has 66 valence electrons. The zero-order valence-corrected chi connectivity index (χ0v) is 7.90. The second-order valence-corrected chi connectivity index (χ2v) is 3.12. The number of halogens is 3. The molecule has 0 saturated heterocycles. The zero-order valence-electron chi connectivity index (χ0n) is 6.31. The van der Waals surface area contributed by atoms with Crippen molar-refractivity contribution in [1.29, 1.82) is 0 Å². The van der Waals surface area contributed by atoms with E-state index in [2.05, 4.69) is 20.9 Å². The third kappa shape index (κ3) is 1.55. The van der Waals surface area contributed by atoms with Crippen LogP contribution in [0.2, 0.25) is 0 Å². The van der Waals surface area contributed by atoms with E-state index in [4.69, 9.17) is 5.73 Å². The van der Waals surface area contributed by atoms with Gasteiger partial charge in [0, 0.05) is 5.69 Å². The highest BCUT2D eigenvalue weighted by Crippen LogP contribution is 2.32. The van der Waals surface area contributed by atoms with Crippen LogP contribution in [0.4, 0.5) is 14.5 Å². The maximum atomic E-state index is 12.3. The van der Waals surface area contributed by atoms with Crippen LogP contribution in [0.3, 0.4) is 0 Å². The molecule has 1 aromatic heterocycles. The SMILES string of the molecule is Cc1ncc(N)c(Br)c1C(F)F. The standard InChI is InChI=1S/C7H7BrF2N2/c1-3-5(7(9)10)6(8)4(11)2-12-3/h2,7H,11H2,1H3. The van der Waals surface area contributed by atoms with E-state index in [-0.39, 0.29) is 15.7 Å². The number of alkyl halides is 2. The molecule has 0 amide bonds. The molecular formula is C7H7BrF2N2. The van der Waals surface area contributed by atoms with Crippen LogP contribution in [-0.2, 0) is 0 Å². The summed E-state index contributed by atoms with van der Waals surface area (Å²) in [6.07, 6.45) is -1.19. The lowest BCUT2D eigenvalue weighted by Crippen LogP contribution is -1.99. The van der Waals surface area contributed by atoms with Gasteiger partial charge >= 0.3 is 0 Å². The van der Waals surface area contributed by atoms with Crippen molar-refractivity contribution in [1.82, 2.24) is 4.98 Å². The van der Waals surface area contributed by atoms with Crippen LogP contribution < -0.4 is 5.73 Å². The van der Waals surface area contributed by atoms with Gasteiger partial charge < -0.3 is 5.73 Å². The van der Waals surface area contributed by atoms with Crippen molar-refractivity contribution in [2.45, 2.75) is 13.3 Å². The topological polar surface area (TPSA) is 38.9 Å². The Morgan fingerprint density at radius 3 is 2.58 bits per heavy atom. The van der Waals surface area contributed by atoms with Crippen LogP contribution in [0.15, 0.2) is 10.7 Å². The first-order chi connectivity index (χ1) is 5.54. The number of nitrogens with zero attached hydrogens (tertiary/aromatic N) is 1. The summed E-state index contributed by atoms with van der Waals surface area (Å²) in [5, 5.41) is 0. The molecule has 0 radical (unpaired) electrons. The Morgan fingerprint density at radius 2 is 2.17 bits per heavy atom. The molecule has 0 aromatic carbocycles. The summed E-state index contributed by atoms with van der Waals surface area (Å²) >= 11 is 2.99. The number of nitrogens with two attached hydrogens (primary N) is 1. The van der Waals surface area contributed by atoms with Gasteiger partial charge in [-0.2, -0.15) is 0 Å². The lowest BCUT2D eigenvalue weighted by Gasteiger charge is -2.07. The van der Waals surface area contributed by atoms with Crippen molar-refractivity contribution in [3.8, 4) is 0 Å². The number of hydrogen-bond donors (Lipinski definition) is 1. The van der Waals surface area contributed by atoms with Gasteiger partial charge in [-0.25, -0.2) is 8.78 Å². The summed E-state index contributed by atoms with van der Waals surface area (Å²) in [6.45, 7) is 1.52. The Kier molecular flexibility index (Phi) is 2.62. The van der Waals surface area contributed by atoms with Crippen LogP contribution in [0, 0.1) is 6.92 Å². The molecule has 1 rings (SSSR count). The summed E-state index contributed by atoms with van der Waals surface area (Å²) in [5.41, 5.74) is 5.78. The Hall–Kier alpha value is -0.710. The van der Waals surface area contributed by atoms with Gasteiger partial charge in [-0.15, -0.1) is 0 Å². The molecule has 0 aliphatic heterocycles. The van der Waals surface area contributed by atoms with Gasteiger partial charge in [-0.05, 0) is 22.9 Å². The smallest absolute Gasteiger partial charge is 0.266 e. The quantitative estimate of drug-likeness (QED) is 0.815. The Morgan fingerprint density at radius 1 is 1.58 bits per heavy atom. The zero-order chi connectivity index (χ0) is 9.30. The fraction of sp³-hybridized carbons (Fsp3) is 0.286. The highest BCUT2D eigenvalue weighted by atomic mass is 79.9. The predicted molar refractivity (Wildman–Crippen MR) is 46.0 cm³/mol. The number of rotatable bonds is 1. The fourth-order valence-electron chi connectivity index (χ4n) is 0.861. The van der Waals surface area contributed by atoms with Gasteiger partial charge in [-0.1, -0.05) is 0 Å². The van der Waals surface area contributed by atoms with Crippen molar-refractivity contribution in [3.63, 3.8) is 0 Å². The molecule has 0 spiro atoms. The van der Waals surface area contributed by atoms with Gasteiger partial charge in [0.15, 0.2) is 0 Å². The van der Waals surface area contributed by atoms with Crippen molar-refractivity contribution in [3.05, 3.63) is 21.9 Å². The van der Waals surface area contributed by atoms with Gasteiger partial charge in [0.2, 0.25) is 0 Å². The third-order valence-corrected chi connectivity index (χ3v) is 2.38.